The maximum Gasteiger partial charge on any atom is 0.251 e. The lowest BCUT2D eigenvalue weighted by Gasteiger charge is -2.44. The molecule has 0 aliphatic carbocycles. The molecule has 6 rings (SSSR count). The van der Waals surface area contributed by atoms with Gasteiger partial charge in [0.25, 0.3) is 5.91 Å². The molecule has 4 saturated heterocycles. The molecule has 0 unspecified atom stereocenters. The van der Waals surface area contributed by atoms with Gasteiger partial charge in [0.15, 0.2) is 0 Å². The lowest BCUT2D eigenvalue weighted by Crippen LogP contribution is -2.57. The van der Waals surface area contributed by atoms with Crippen LogP contribution in [-0.4, -0.2) is 67.2 Å². The number of anilines is 1. The van der Waals surface area contributed by atoms with E-state index in [4.69, 9.17) is 9.47 Å². The topological polar surface area (TPSA) is 66.9 Å². The highest BCUT2D eigenvalue weighted by molar-refractivity contribution is 7.10. The van der Waals surface area contributed by atoms with Crippen LogP contribution < -0.4 is 15.0 Å². The Morgan fingerprint density at radius 3 is 2.59 bits per heavy atom. The van der Waals surface area contributed by atoms with Crippen molar-refractivity contribution < 1.29 is 14.3 Å². The van der Waals surface area contributed by atoms with Crippen molar-refractivity contribution in [1.29, 1.82) is 0 Å². The van der Waals surface area contributed by atoms with Gasteiger partial charge in [-0.2, -0.15) is 4.37 Å². The lowest BCUT2D eigenvalue weighted by atomic mass is 9.84. The Morgan fingerprint density at radius 1 is 1.14 bits per heavy atom. The number of carbonyl (C=O) groups is 1. The van der Waals surface area contributed by atoms with Crippen molar-refractivity contribution in [2.45, 2.75) is 18.9 Å². The molecule has 4 aliphatic rings. The normalized spacial score (nSPS) is 26.3. The maximum atomic E-state index is 12.6. The summed E-state index contributed by atoms with van der Waals surface area (Å²) >= 11 is 1.44. The van der Waals surface area contributed by atoms with Crippen LogP contribution in [0.3, 0.4) is 0 Å². The van der Waals surface area contributed by atoms with Crippen LogP contribution in [0, 0.1) is 5.92 Å². The lowest BCUT2D eigenvalue weighted by molar-refractivity contribution is 0.0620. The van der Waals surface area contributed by atoms with Crippen molar-refractivity contribution >= 4 is 22.4 Å². The van der Waals surface area contributed by atoms with E-state index in [1.165, 1.54) is 37.5 Å². The van der Waals surface area contributed by atoms with E-state index in [0.717, 1.165) is 37.8 Å². The molecule has 5 heterocycles. The average molecular weight is 415 g/mol. The third kappa shape index (κ3) is 4.24. The Bertz CT molecular complexity index is 842. The van der Waals surface area contributed by atoms with E-state index in [0.29, 0.717) is 23.1 Å². The fraction of sp³-hybridized carbons (Fsp3) is 0.524. The van der Waals surface area contributed by atoms with Crippen LogP contribution in [0.25, 0.3) is 0 Å². The molecule has 2 aromatic rings. The molecule has 4 fully saturated rings. The number of ether oxygens (including phenoxy) is 2. The number of nitrogens with one attached hydrogen (secondary N) is 1. The molecule has 154 valence electrons. The standard InChI is InChI=1S/C21H26N4O3S/c26-21(22-18-14-24-7-5-15(18)6-8-24)16-1-3-17(4-2-16)28-19-13-20(29-23-19)25-9-11-27-12-10-25/h1-4,13,15,18H,5-12,14H2,(H,22,26)/t18-/m0/s1. The number of morpholine rings is 1. The molecule has 29 heavy (non-hydrogen) atoms. The van der Waals surface area contributed by atoms with Gasteiger partial charge >= 0.3 is 0 Å². The van der Waals surface area contributed by atoms with Crippen LogP contribution in [0.1, 0.15) is 23.2 Å². The molecule has 7 nitrogen and oxygen atoms in total. The molecule has 1 amide bonds. The SMILES string of the molecule is O=C(N[C@H]1CN2CCC1CC2)c1ccc(Oc2cc(N3CCOCC3)sn2)cc1. The van der Waals surface area contributed by atoms with Gasteiger partial charge in [-0.05, 0) is 67.6 Å². The van der Waals surface area contributed by atoms with Crippen LogP contribution in [0.5, 0.6) is 11.6 Å². The molecule has 1 N–H and O–H groups in total. The summed E-state index contributed by atoms with van der Waals surface area (Å²) in [5.74, 6) is 1.89. The number of hydrogen-bond donors (Lipinski definition) is 1. The summed E-state index contributed by atoms with van der Waals surface area (Å²) in [6, 6.07) is 9.54. The first-order valence-corrected chi connectivity index (χ1v) is 11.1. The predicted octanol–water partition coefficient (Wildman–Crippen LogP) is 2.60. The number of rotatable bonds is 5. The van der Waals surface area contributed by atoms with E-state index < -0.39 is 0 Å². The van der Waals surface area contributed by atoms with Crippen LogP contribution in [0.2, 0.25) is 0 Å². The molecule has 1 aromatic carbocycles. The minimum absolute atomic E-state index is 0.00133. The molecule has 0 saturated carbocycles. The predicted molar refractivity (Wildman–Crippen MR) is 112 cm³/mol. The molecule has 0 radical (unpaired) electrons. The zero-order valence-corrected chi connectivity index (χ0v) is 17.2. The maximum absolute atomic E-state index is 12.6. The Balaban J connectivity index is 1.18. The Labute approximate surface area is 174 Å². The Kier molecular flexibility index (Phi) is 5.39. The van der Waals surface area contributed by atoms with Gasteiger partial charge in [0.1, 0.15) is 10.8 Å². The smallest absolute Gasteiger partial charge is 0.251 e. The molecular formula is C21H26N4O3S. The quantitative estimate of drug-likeness (QED) is 0.811. The number of aromatic nitrogens is 1. The summed E-state index contributed by atoms with van der Waals surface area (Å²) in [7, 11) is 0. The number of hydrogen-bond acceptors (Lipinski definition) is 7. The number of fused-ring (bicyclic) bond motifs is 3. The molecule has 8 heteroatoms. The highest BCUT2D eigenvalue weighted by Gasteiger charge is 2.34. The summed E-state index contributed by atoms with van der Waals surface area (Å²) in [5, 5.41) is 4.32. The van der Waals surface area contributed by atoms with Crippen molar-refractivity contribution in [3.8, 4) is 11.6 Å². The summed E-state index contributed by atoms with van der Waals surface area (Å²) < 4.78 is 15.7. The van der Waals surface area contributed by atoms with Crippen LogP contribution >= 0.6 is 11.5 Å². The van der Waals surface area contributed by atoms with Gasteiger partial charge in [0.05, 0.1) is 13.2 Å². The second-order valence-electron chi connectivity index (χ2n) is 7.95. The molecule has 2 bridgehead atoms. The van der Waals surface area contributed by atoms with Gasteiger partial charge in [0.2, 0.25) is 5.88 Å². The summed E-state index contributed by atoms with van der Waals surface area (Å²) in [6.45, 7) is 6.58. The summed E-state index contributed by atoms with van der Waals surface area (Å²) in [6.07, 6.45) is 2.38. The first-order valence-electron chi connectivity index (χ1n) is 10.4. The largest absolute Gasteiger partial charge is 0.438 e. The van der Waals surface area contributed by atoms with E-state index in [9.17, 15) is 4.79 Å². The summed E-state index contributed by atoms with van der Waals surface area (Å²) in [4.78, 5) is 17.3. The first-order chi connectivity index (χ1) is 14.2. The van der Waals surface area contributed by atoms with Crippen LogP contribution in [0.15, 0.2) is 30.3 Å². The fourth-order valence-corrected chi connectivity index (χ4v) is 5.13. The highest BCUT2D eigenvalue weighted by Crippen LogP contribution is 2.30. The summed E-state index contributed by atoms with van der Waals surface area (Å²) in [5.41, 5.74) is 0.668. The van der Waals surface area contributed by atoms with E-state index in [-0.39, 0.29) is 11.9 Å². The van der Waals surface area contributed by atoms with Gasteiger partial charge < -0.3 is 24.6 Å². The molecule has 1 aromatic heterocycles. The van der Waals surface area contributed by atoms with Gasteiger partial charge in [-0.25, -0.2) is 0 Å². The first kappa shape index (κ1) is 18.8. The van der Waals surface area contributed by atoms with Crippen molar-refractivity contribution in [3.05, 3.63) is 35.9 Å². The minimum atomic E-state index is -0.00133. The third-order valence-corrected chi connectivity index (χ3v) is 6.94. The van der Waals surface area contributed by atoms with Crippen molar-refractivity contribution in [2.75, 3.05) is 50.8 Å². The van der Waals surface area contributed by atoms with Crippen molar-refractivity contribution in [3.63, 3.8) is 0 Å². The number of carbonyl (C=O) groups excluding carboxylic acids is 1. The highest BCUT2D eigenvalue weighted by atomic mass is 32.1. The number of piperidine rings is 3. The van der Waals surface area contributed by atoms with Gasteiger partial charge in [0, 0.05) is 37.3 Å². The Hall–Kier alpha value is -2.16. The Morgan fingerprint density at radius 2 is 1.90 bits per heavy atom. The second-order valence-corrected chi connectivity index (χ2v) is 8.73. The van der Waals surface area contributed by atoms with Gasteiger partial charge in [-0.15, -0.1) is 0 Å². The van der Waals surface area contributed by atoms with Crippen LogP contribution in [-0.2, 0) is 4.74 Å². The molecule has 0 spiro atoms. The number of nitrogens with zero attached hydrogens (tertiary/aromatic N) is 3. The van der Waals surface area contributed by atoms with Gasteiger partial charge in [-0.1, -0.05) is 0 Å². The van der Waals surface area contributed by atoms with E-state index >= 15 is 0 Å². The van der Waals surface area contributed by atoms with Crippen LogP contribution in [0.4, 0.5) is 5.00 Å². The molecule has 4 aliphatic heterocycles. The zero-order valence-electron chi connectivity index (χ0n) is 16.4. The van der Waals surface area contributed by atoms with Gasteiger partial charge in [-0.3, -0.25) is 4.79 Å². The van der Waals surface area contributed by atoms with E-state index in [1.54, 1.807) is 0 Å². The van der Waals surface area contributed by atoms with Crippen molar-refractivity contribution in [2.24, 2.45) is 5.92 Å². The van der Waals surface area contributed by atoms with E-state index in [2.05, 4.69) is 19.5 Å². The molecular weight excluding hydrogens is 388 g/mol. The third-order valence-electron chi connectivity index (χ3n) is 6.11. The van der Waals surface area contributed by atoms with Crippen molar-refractivity contribution in [1.82, 2.24) is 14.6 Å². The average Bonchev–Trinajstić information content (AvgIpc) is 3.24. The van der Waals surface area contributed by atoms with E-state index in [1.807, 2.05) is 30.3 Å². The fourth-order valence-electron chi connectivity index (χ4n) is 4.41. The zero-order chi connectivity index (χ0) is 19.6. The second kappa shape index (κ2) is 8.30. The number of amides is 1. The number of benzene rings is 1. The molecule has 1 atom stereocenters. The monoisotopic (exact) mass is 414 g/mol. The minimum Gasteiger partial charge on any atom is -0.438 e.